The van der Waals surface area contributed by atoms with Crippen LogP contribution in [0, 0.1) is 17.8 Å². The fourth-order valence-corrected chi connectivity index (χ4v) is 8.62. The molecule has 6 rings (SSSR count). The fraction of sp³-hybridized carbons (Fsp3) is 0.629. The number of esters is 1. The van der Waals surface area contributed by atoms with Gasteiger partial charge in [0.2, 0.25) is 0 Å². The highest BCUT2D eigenvalue weighted by molar-refractivity contribution is 5.73. The van der Waals surface area contributed by atoms with Gasteiger partial charge in [0.05, 0.1) is 36.9 Å². The number of carbonyl (C=O) groups is 1. The molecule has 0 aromatic heterocycles. The molecule has 2 aromatic carbocycles. The van der Waals surface area contributed by atoms with Crippen LogP contribution < -0.4 is 0 Å². The number of nitrogens with zero attached hydrogens (tertiary/aromatic N) is 1. The van der Waals surface area contributed by atoms with Crippen molar-refractivity contribution in [1.29, 1.82) is 0 Å². The number of hydrogen-bond donors (Lipinski definition) is 0. The molecule has 0 unspecified atom stereocenters. The Balaban J connectivity index is 1.22. The normalized spacial score (nSPS) is 27.8. The molecule has 3 aliphatic heterocycles. The summed E-state index contributed by atoms with van der Waals surface area (Å²) in [6, 6.07) is 7.37. The lowest BCUT2D eigenvalue weighted by Gasteiger charge is -2.53. The highest BCUT2D eigenvalue weighted by Crippen LogP contribution is 2.49. The van der Waals surface area contributed by atoms with Gasteiger partial charge in [0.1, 0.15) is 0 Å². The number of rotatable bonds is 7. The standard InChI is InChI=1S/C35H41F6NO3/c1-19(33(43)44-3)32(21-7-8-21)22-9-10-23-18-45-31(16-24(23)13-22)25-14-27-5-4-6-28(15-25)42(27)20(2)29-17-26(34(36,37)38)11-12-30(29)35(39,40)41/h9-13,17,19-21,25,27-28,31-32H,4-8,14-16,18H2,1-3H3/t19-,20-,25-,27+,28-,31-,32+/m1/s1. The highest BCUT2D eigenvalue weighted by Gasteiger charge is 2.46. The molecular weight excluding hydrogens is 596 g/mol. The Kier molecular flexibility index (Phi) is 8.78. The van der Waals surface area contributed by atoms with Gasteiger partial charge in [-0.05, 0) is 110 Å². The van der Waals surface area contributed by atoms with E-state index in [1.165, 1.54) is 12.7 Å². The van der Waals surface area contributed by atoms with Crippen molar-refractivity contribution in [2.75, 3.05) is 7.11 Å². The van der Waals surface area contributed by atoms with Crippen molar-refractivity contribution in [3.8, 4) is 0 Å². The van der Waals surface area contributed by atoms with Crippen molar-refractivity contribution in [1.82, 2.24) is 4.90 Å². The Bertz CT molecular complexity index is 1390. The average Bonchev–Trinajstić information content (AvgIpc) is 3.83. The summed E-state index contributed by atoms with van der Waals surface area (Å²) in [7, 11) is 1.42. The van der Waals surface area contributed by atoms with Crippen LogP contribution in [0.1, 0.15) is 104 Å². The second-order valence-electron chi connectivity index (χ2n) is 13.6. The lowest BCUT2D eigenvalue weighted by atomic mass is 9.73. The summed E-state index contributed by atoms with van der Waals surface area (Å²) >= 11 is 0. The number of alkyl halides is 6. The van der Waals surface area contributed by atoms with E-state index < -0.39 is 29.5 Å². The summed E-state index contributed by atoms with van der Waals surface area (Å²) in [5.41, 5.74) is 1.12. The first-order chi connectivity index (χ1) is 21.3. The van der Waals surface area contributed by atoms with Crippen LogP contribution in [-0.4, -0.2) is 36.2 Å². The largest absolute Gasteiger partial charge is 0.469 e. The Labute approximate surface area is 260 Å². The van der Waals surface area contributed by atoms with Crippen LogP contribution in [0.4, 0.5) is 26.3 Å². The van der Waals surface area contributed by atoms with Gasteiger partial charge in [-0.25, -0.2) is 0 Å². The average molecular weight is 638 g/mol. The van der Waals surface area contributed by atoms with E-state index in [1.807, 2.05) is 6.92 Å². The van der Waals surface area contributed by atoms with Crippen LogP contribution in [0.2, 0.25) is 0 Å². The SMILES string of the molecule is COC(=O)[C@H](C)[C@H](c1ccc2c(c1)C[C@H]([C@H]1C[C@H]3CCC[C@@H](C1)N3[C@H](C)c1cc(C(F)(F)F)ccc1C(F)(F)F)OC2)C1CC1. The molecule has 2 aromatic rings. The predicted octanol–water partition coefficient (Wildman–Crippen LogP) is 8.86. The van der Waals surface area contributed by atoms with Gasteiger partial charge in [0, 0.05) is 18.1 Å². The van der Waals surface area contributed by atoms with Crippen LogP contribution in [0.5, 0.6) is 0 Å². The van der Waals surface area contributed by atoms with Gasteiger partial charge in [-0.3, -0.25) is 9.69 Å². The molecule has 0 amide bonds. The molecule has 2 saturated heterocycles. The maximum absolute atomic E-state index is 14.0. The zero-order valence-electron chi connectivity index (χ0n) is 25.9. The van der Waals surface area contributed by atoms with E-state index in [0.29, 0.717) is 30.7 Å². The van der Waals surface area contributed by atoms with Gasteiger partial charge in [0.15, 0.2) is 0 Å². The Hall–Kier alpha value is -2.59. The molecule has 0 N–H and O–H groups in total. The topological polar surface area (TPSA) is 38.8 Å². The summed E-state index contributed by atoms with van der Waals surface area (Å²) in [6.45, 7) is 4.04. The fourth-order valence-electron chi connectivity index (χ4n) is 8.62. The number of hydrogen-bond acceptors (Lipinski definition) is 4. The molecule has 2 bridgehead atoms. The van der Waals surface area contributed by atoms with E-state index in [2.05, 4.69) is 23.1 Å². The van der Waals surface area contributed by atoms with Crippen molar-refractivity contribution >= 4 is 5.97 Å². The quantitative estimate of drug-likeness (QED) is 0.225. The molecule has 3 heterocycles. The molecule has 0 spiro atoms. The number of fused-ring (bicyclic) bond motifs is 3. The molecule has 246 valence electrons. The van der Waals surface area contributed by atoms with Crippen LogP contribution in [0.3, 0.4) is 0 Å². The van der Waals surface area contributed by atoms with Crippen LogP contribution in [-0.2, 0) is 39.6 Å². The van der Waals surface area contributed by atoms with Gasteiger partial charge < -0.3 is 9.47 Å². The van der Waals surface area contributed by atoms with Gasteiger partial charge in [-0.15, -0.1) is 0 Å². The van der Waals surface area contributed by atoms with Gasteiger partial charge in [-0.1, -0.05) is 31.5 Å². The lowest BCUT2D eigenvalue weighted by Crippen LogP contribution is -2.55. The molecule has 1 aliphatic carbocycles. The summed E-state index contributed by atoms with van der Waals surface area (Å²) in [4.78, 5) is 14.5. The number of piperidine rings is 2. The molecule has 4 aliphatic rings. The second-order valence-corrected chi connectivity index (χ2v) is 13.6. The number of benzene rings is 2. The maximum atomic E-state index is 14.0. The van der Waals surface area contributed by atoms with E-state index in [-0.39, 0.29) is 47.5 Å². The van der Waals surface area contributed by atoms with Crippen molar-refractivity contribution in [2.24, 2.45) is 17.8 Å². The molecule has 45 heavy (non-hydrogen) atoms. The van der Waals surface area contributed by atoms with Crippen molar-refractivity contribution in [2.45, 2.75) is 114 Å². The molecule has 0 radical (unpaired) electrons. The first-order valence-corrected chi connectivity index (χ1v) is 16.1. The molecule has 1 saturated carbocycles. The number of carbonyl (C=O) groups excluding carboxylic acids is 1. The van der Waals surface area contributed by atoms with Crippen LogP contribution >= 0.6 is 0 Å². The van der Waals surface area contributed by atoms with Gasteiger partial charge in [0.25, 0.3) is 0 Å². The van der Waals surface area contributed by atoms with E-state index in [9.17, 15) is 31.1 Å². The number of methoxy groups -OCH3 is 1. The second kappa shape index (κ2) is 12.2. The Morgan fingerprint density at radius 3 is 2.20 bits per heavy atom. The Morgan fingerprint density at radius 2 is 1.60 bits per heavy atom. The zero-order valence-corrected chi connectivity index (χ0v) is 25.9. The minimum atomic E-state index is -4.75. The van der Waals surface area contributed by atoms with E-state index in [1.54, 1.807) is 6.92 Å². The zero-order chi connectivity index (χ0) is 32.3. The number of ether oxygens (including phenoxy) is 2. The minimum Gasteiger partial charge on any atom is -0.469 e. The molecule has 7 atom stereocenters. The lowest BCUT2D eigenvalue weighted by molar-refractivity contribution is -0.146. The summed E-state index contributed by atoms with van der Waals surface area (Å²) in [5.74, 6) is 0.318. The maximum Gasteiger partial charge on any atom is 0.416 e. The first kappa shape index (κ1) is 32.4. The third-order valence-corrected chi connectivity index (χ3v) is 10.9. The third-order valence-electron chi connectivity index (χ3n) is 10.9. The van der Waals surface area contributed by atoms with E-state index in [0.717, 1.165) is 62.5 Å². The first-order valence-electron chi connectivity index (χ1n) is 16.1. The van der Waals surface area contributed by atoms with Crippen molar-refractivity contribution in [3.05, 3.63) is 69.8 Å². The smallest absolute Gasteiger partial charge is 0.416 e. The van der Waals surface area contributed by atoms with Crippen LogP contribution in [0.25, 0.3) is 0 Å². The van der Waals surface area contributed by atoms with Gasteiger partial charge in [-0.2, -0.15) is 26.3 Å². The molecule has 3 fully saturated rings. The monoisotopic (exact) mass is 637 g/mol. The highest BCUT2D eigenvalue weighted by atomic mass is 19.4. The molecule has 4 nitrogen and oxygen atoms in total. The molecular formula is C35H41F6NO3. The van der Waals surface area contributed by atoms with Crippen LogP contribution in [0.15, 0.2) is 36.4 Å². The third kappa shape index (κ3) is 6.51. The van der Waals surface area contributed by atoms with E-state index in [4.69, 9.17) is 9.47 Å². The van der Waals surface area contributed by atoms with Crippen molar-refractivity contribution < 1.29 is 40.6 Å². The predicted molar refractivity (Wildman–Crippen MR) is 156 cm³/mol. The van der Waals surface area contributed by atoms with Crippen molar-refractivity contribution in [3.63, 3.8) is 0 Å². The summed E-state index contributed by atoms with van der Waals surface area (Å²) < 4.78 is 94.2. The van der Waals surface area contributed by atoms with E-state index >= 15 is 0 Å². The minimum absolute atomic E-state index is 0.0374. The number of halogens is 6. The summed E-state index contributed by atoms with van der Waals surface area (Å²) in [5, 5.41) is 0. The summed E-state index contributed by atoms with van der Waals surface area (Å²) in [6.07, 6.45) is -2.64. The molecule has 10 heteroatoms. The Morgan fingerprint density at radius 1 is 0.911 bits per heavy atom. The van der Waals surface area contributed by atoms with Gasteiger partial charge >= 0.3 is 18.3 Å².